The van der Waals surface area contributed by atoms with E-state index in [4.69, 9.17) is 11.5 Å². The number of azo groups is 2. The number of nitrogen functional groups attached to an aromatic ring is 2. The maximum atomic E-state index is 12.7. The van der Waals surface area contributed by atoms with Gasteiger partial charge < -0.3 is 40.3 Å². The van der Waals surface area contributed by atoms with Gasteiger partial charge >= 0.3 is 148 Å². The average molecular weight is 1040 g/mol. The second-order valence-electron chi connectivity index (χ2n) is 10.3. The van der Waals surface area contributed by atoms with Gasteiger partial charge in [-0.3, -0.25) is 13.4 Å². The Balaban J connectivity index is -0.00000280. The average Bonchev–Trinajstić information content (AvgIpc) is 3.07. The van der Waals surface area contributed by atoms with E-state index in [1.165, 1.54) is 0 Å². The Morgan fingerprint density at radius 2 is 1.10 bits per heavy atom. The summed E-state index contributed by atoms with van der Waals surface area (Å²) in [5.74, 6) is -3.97. The molecule has 0 unspecified atom stereocenters. The van der Waals surface area contributed by atoms with Crippen LogP contribution in [0, 0.1) is 6.92 Å². The van der Waals surface area contributed by atoms with Gasteiger partial charge in [-0.05, 0) is 48.9 Å². The monoisotopic (exact) mass is 1040 g/mol. The summed E-state index contributed by atoms with van der Waals surface area (Å²) in [4.78, 5) is 7.97. The topological polar surface area (TPSA) is 441 Å². The van der Waals surface area contributed by atoms with Crippen molar-refractivity contribution in [1.29, 1.82) is 0 Å². The molecule has 0 aromatic heterocycles. The molecule has 37 heteroatoms. The van der Waals surface area contributed by atoms with Crippen molar-refractivity contribution in [2.24, 2.45) is 20.5 Å². The van der Waals surface area contributed by atoms with Gasteiger partial charge in [0, 0.05) is 5.56 Å². The van der Waals surface area contributed by atoms with E-state index in [2.05, 4.69) is 38.2 Å². The minimum atomic E-state index is -5.60. The SMILES string of the molecule is C.Cc1c(N)c(N=Nc2ccc(S(=O)(=O)CCOSOO[O-])cc2S(=O)(=O)[O-])c(N)c(N=Nc2ccc(S(=O)(=O)CCOS(=O)(=O)[O-])cc2S(=O)(=O)[O-])c1C(=O)[O-].[Na+].[Na+].[Na+].[Na+].[Na+]. The molecule has 0 saturated heterocycles. The fourth-order valence-electron chi connectivity index (χ4n) is 4.18. The summed E-state index contributed by atoms with van der Waals surface area (Å²) in [6.45, 7) is -0.706. The molecule has 62 heavy (non-hydrogen) atoms. The van der Waals surface area contributed by atoms with Gasteiger partial charge in [0.05, 0.1) is 61.6 Å². The Hall–Kier alpha value is 0.710. The van der Waals surface area contributed by atoms with Crippen LogP contribution in [0.4, 0.5) is 34.1 Å². The Morgan fingerprint density at radius 3 is 1.48 bits per heavy atom. The number of hydrogen-bond acceptors (Lipinski definition) is 27. The standard InChI is InChI=1S/C24H26N6O20S6.CH4.5Na/c1-12-19(24(31)32)22(29-27-15-4-3-14(11-17(15)54(38,39)40)53(36,37)9-7-48-56(44,45)46)21(26)23(20(12)25)30-28-16-5-2-13(10-18(16)55(41,42)43)52(34,35)8-6-47-51-50-49-33;;;;;;/h2-5,10-11,33H,6-9,25-26H2,1H3,(H,31,32)(H,38,39,40)(H,41,42,43)(H,44,45,46);1H4;;;;;/q;;5*+1/p-5. The van der Waals surface area contributed by atoms with Crippen LogP contribution in [0.2, 0.25) is 0 Å². The van der Waals surface area contributed by atoms with E-state index in [-0.39, 0.29) is 168 Å². The molecule has 3 aromatic carbocycles. The molecule has 0 spiro atoms. The summed E-state index contributed by atoms with van der Waals surface area (Å²) in [6, 6.07) is 3.63. The molecule has 0 saturated carbocycles. The van der Waals surface area contributed by atoms with Crippen LogP contribution in [0.1, 0.15) is 23.3 Å². The zero-order chi connectivity index (χ0) is 42.4. The second-order valence-corrected chi connectivity index (χ2v) is 18.7. The van der Waals surface area contributed by atoms with Crippen LogP contribution in [-0.4, -0.2) is 86.4 Å². The molecule has 4 N–H and O–H groups in total. The number of carbonyl (C=O) groups excluding carboxylic acids is 1. The molecule has 0 radical (unpaired) electrons. The number of aromatic carboxylic acids is 1. The van der Waals surface area contributed by atoms with E-state index in [1.54, 1.807) is 0 Å². The number of carboxylic acid groups (broad SMARTS) is 1. The minimum absolute atomic E-state index is 0. The first-order valence-electron chi connectivity index (χ1n) is 14.0. The van der Waals surface area contributed by atoms with E-state index in [9.17, 15) is 70.9 Å². The zero-order valence-corrected chi connectivity index (χ0v) is 47.2. The summed E-state index contributed by atoms with van der Waals surface area (Å²) in [5.41, 5.74) is 6.21. The van der Waals surface area contributed by atoms with Crippen LogP contribution < -0.4 is 170 Å². The second kappa shape index (κ2) is 28.9. The van der Waals surface area contributed by atoms with Crippen molar-refractivity contribution < 1.29 is 236 Å². The van der Waals surface area contributed by atoms with Gasteiger partial charge in [0.2, 0.25) is 10.4 Å². The third kappa shape index (κ3) is 19.7. The van der Waals surface area contributed by atoms with Crippen molar-refractivity contribution >= 4 is 103 Å². The maximum absolute atomic E-state index is 12.7. The Labute approximate surface area is 470 Å². The van der Waals surface area contributed by atoms with E-state index in [0.717, 1.165) is 19.1 Å². The summed E-state index contributed by atoms with van der Waals surface area (Å²) in [6.07, 6.45) is 0. The number of nitrogens with two attached hydrogens (primary N) is 2. The predicted octanol–water partition coefficient (Wildman–Crippen LogP) is -15.4. The molecular formula is C25H25N6Na5O20S6. The van der Waals surface area contributed by atoms with Crippen molar-refractivity contribution in [1.82, 2.24) is 0 Å². The van der Waals surface area contributed by atoms with Gasteiger partial charge in [0.25, 0.3) is 0 Å². The van der Waals surface area contributed by atoms with Crippen LogP contribution in [0.5, 0.6) is 0 Å². The number of nitrogens with zero attached hydrogens (tertiary/aromatic N) is 4. The molecule has 0 bridgehead atoms. The first-order valence-corrected chi connectivity index (χ1v) is 22.1. The van der Waals surface area contributed by atoms with E-state index in [0.29, 0.717) is 24.3 Å². The number of benzene rings is 3. The number of carbonyl (C=O) groups is 1. The molecule has 316 valence electrons. The first kappa shape index (κ1) is 69.3. The molecule has 26 nitrogen and oxygen atoms in total. The summed E-state index contributed by atoms with van der Waals surface area (Å²) < 4.78 is 167. The normalized spacial score (nSPS) is 11.9. The van der Waals surface area contributed by atoms with Gasteiger partial charge in [0.1, 0.15) is 43.0 Å². The van der Waals surface area contributed by atoms with Crippen molar-refractivity contribution in [3.05, 3.63) is 47.5 Å². The van der Waals surface area contributed by atoms with Crippen molar-refractivity contribution in [2.75, 3.05) is 36.2 Å². The molecule has 3 aromatic rings. The molecular weight excluding hydrogens is 1010 g/mol. The van der Waals surface area contributed by atoms with E-state index < -0.39 is 146 Å². The largest absolute Gasteiger partial charge is 1.00 e. The third-order valence-corrected chi connectivity index (χ3v) is 12.7. The van der Waals surface area contributed by atoms with Crippen LogP contribution in [0.15, 0.2) is 76.4 Å². The minimum Gasteiger partial charge on any atom is -0.744 e. The van der Waals surface area contributed by atoms with Crippen molar-refractivity contribution in [2.45, 2.75) is 33.9 Å². The molecule has 0 atom stereocenters. The molecule has 0 aliphatic carbocycles. The summed E-state index contributed by atoms with van der Waals surface area (Å²) >= 11 is -0.00628. The smallest absolute Gasteiger partial charge is 0.744 e. The number of sulfone groups is 2. The number of rotatable bonds is 19. The van der Waals surface area contributed by atoms with E-state index >= 15 is 0 Å². The molecule has 0 aliphatic rings. The summed E-state index contributed by atoms with van der Waals surface area (Å²) in [7, 11) is -25.3. The van der Waals surface area contributed by atoms with Crippen LogP contribution in [-0.2, 0) is 68.0 Å². The Bertz CT molecular complexity index is 2680. The van der Waals surface area contributed by atoms with Gasteiger partial charge in [-0.25, -0.2) is 42.1 Å². The van der Waals surface area contributed by atoms with Gasteiger partial charge in [0.15, 0.2) is 32.0 Å². The Morgan fingerprint density at radius 1 is 0.677 bits per heavy atom. The number of hydrogen-bond donors (Lipinski definition) is 2. The molecule has 0 aliphatic heterocycles. The van der Waals surface area contributed by atoms with Crippen LogP contribution in [0.25, 0.3) is 0 Å². The quantitative estimate of drug-likeness (QED) is 0.0130. The molecule has 0 amide bonds. The number of anilines is 2. The third-order valence-electron chi connectivity index (χ3n) is 6.74. The van der Waals surface area contributed by atoms with Crippen molar-refractivity contribution in [3.63, 3.8) is 0 Å². The fraction of sp³-hybridized carbons (Fsp3) is 0.240. The van der Waals surface area contributed by atoms with Crippen LogP contribution in [0.3, 0.4) is 0 Å². The van der Waals surface area contributed by atoms with Gasteiger partial charge in [-0.2, -0.15) is 0 Å². The van der Waals surface area contributed by atoms with Gasteiger partial charge in [-0.15, -0.1) is 24.8 Å². The predicted molar refractivity (Wildman–Crippen MR) is 184 cm³/mol. The van der Waals surface area contributed by atoms with Crippen molar-refractivity contribution in [3.8, 4) is 0 Å². The van der Waals surface area contributed by atoms with E-state index in [1.807, 2.05) is 0 Å². The number of carboxylic acids is 1. The zero-order valence-electron chi connectivity index (χ0n) is 32.4. The molecule has 0 fully saturated rings. The fourth-order valence-corrected chi connectivity index (χ4v) is 8.54. The maximum Gasteiger partial charge on any atom is 1.00 e. The summed E-state index contributed by atoms with van der Waals surface area (Å²) in [5, 5.41) is 39.3. The van der Waals surface area contributed by atoms with Gasteiger partial charge in [-0.1, -0.05) is 7.43 Å². The molecule has 0 heterocycles. The first-order chi connectivity index (χ1) is 25.7. The Kier molecular flexibility index (Phi) is 32.3. The molecule has 3 rings (SSSR count). The van der Waals surface area contributed by atoms with Crippen LogP contribution >= 0.6 is 12.3 Å².